The van der Waals surface area contributed by atoms with Crippen molar-refractivity contribution in [3.05, 3.63) is 29.8 Å². The van der Waals surface area contributed by atoms with Crippen molar-refractivity contribution in [2.24, 2.45) is 5.92 Å². The fourth-order valence-electron chi connectivity index (χ4n) is 3.64. The first-order valence-electron chi connectivity index (χ1n) is 9.19. The molecular weight excluding hydrogens is 417 g/mol. The molecule has 1 aromatic rings. The summed E-state index contributed by atoms with van der Waals surface area (Å²) in [6.07, 6.45) is -2.58. The number of alkyl halides is 4. The summed E-state index contributed by atoms with van der Waals surface area (Å²) in [5.74, 6) is -2.04. The second kappa shape index (κ2) is 8.20. The minimum Gasteiger partial charge on any atom is -0.338 e. The van der Waals surface area contributed by atoms with Gasteiger partial charge < -0.3 is 4.90 Å². The molecule has 0 spiro atoms. The summed E-state index contributed by atoms with van der Waals surface area (Å²) in [5.41, 5.74) is 0.177. The van der Waals surface area contributed by atoms with E-state index >= 15 is 0 Å². The standard InChI is InChI=1S/C18H22ClF3N2O3S/c19-15-4-2-10-24(12-15)28(26,27)16-7-5-13(6-8-16)17(25)23-9-1-3-14(11-23)18(20,21)22/h5-8,14-15H,1-4,9-12H2/t14-,15-/m1/s1. The summed E-state index contributed by atoms with van der Waals surface area (Å²) in [6.45, 7) is 0.514. The van der Waals surface area contributed by atoms with Crippen molar-refractivity contribution in [3.8, 4) is 0 Å². The number of benzene rings is 1. The van der Waals surface area contributed by atoms with Gasteiger partial charge in [-0.05, 0) is 49.9 Å². The monoisotopic (exact) mass is 438 g/mol. The number of carbonyl (C=O) groups is 1. The van der Waals surface area contributed by atoms with Crippen molar-refractivity contribution in [2.45, 2.75) is 42.1 Å². The first-order valence-corrected chi connectivity index (χ1v) is 11.1. The molecule has 2 aliphatic rings. The molecule has 2 atom stereocenters. The third-order valence-corrected chi connectivity index (χ3v) is 7.47. The van der Waals surface area contributed by atoms with Crippen LogP contribution in [0, 0.1) is 5.92 Å². The van der Waals surface area contributed by atoms with Crippen molar-refractivity contribution in [2.75, 3.05) is 26.2 Å². The number of carbonyl (C=O) groups excluding carboxylic acids is 1. The van der Waals surface area contributed by atoms with Crippen LogP contribution in [0.25, 0.3) is 0 Å². The lowest BCUT2D eigenvalue weighted by atomic mass is 9.97. The van der Waals surface area contributed by atoms with Gasteiger partial charge in [0.2, 0.25) is 10.0 Å². The number of piperidine rings is 2. The van der Waals surface area contributed by atoms with Gasteiger partial charge in [0.1, 0.15) is 0 Å². The number of rotatable bonds is 3. The smallest absolute Gasteiger partial charge is 0.338 e. The zero-order chi connectivity index (χ0) is 20.5. The third-order valence-electron chi connectivity index (χ3n) is 5.24. The minimum absolute atomic E-state index is 0.0157. The van der Waals surface area contributed by atoms with Gasteiger partial charge in [0.05, 0.1) is 10.8 Å². The molecule has 5 nitrogen and oxygen atoms in total. The normalized spacial score (nSPS) is 24.9. The highest BCUT2D eigenvalue weighted by Crippen LogP contribution is 2.33. The van der Waals surface area contributed by atoms with E-state index in [9.17, 15) is 26.4 Å². The number of hydrogen-bond acceptors (Lipinski definition) is 3. The van der Waals surface area contributed by atoms with Crippen LogP contribution in [0.15, 0.2) is 29.2 Å². The Bertz CT molecular complexity index is 814. The van der Waals surface area contributed by atoms with Crippen LogP contribution in [-0.4, -0.2) is 61.3 Å². The molecule has 0 bridgehead atoms. The van der Waals surface area contributed by atoms with Gasteiger partial charge in [-0.2, -0.15) is 17.5 Å². The van der Waals surface area contributed by atoms with Gasteiger partial charge in [0.15, 0.2) is 0 Å². The van der Waals surface area contributed by atoms with Crippen molar-refractivity contribution in [1.29, 1.82) is 0 Å². The lowest BCUT2D eigenvalue weighted by Crippen LogP contribution is -2.44. The fourth-order valence-corrected chi connectivity index (χ4v) is 5.57. The Morgan fingerprint density at radius 3 is 2.29 bits per heavy atom. The lowest BCUT2D eigenvalue weighted by molar-refractivity contribution is -0.184. The van der Waals surface area contributed by atoms with E-state index in [1.807, 2.05) is 0 Å². The molecule has 3 rings (SSSR count). The van der Waals surface area contributed by atoms with E-state index in [-0.39, 0.29) is 48.3 Å². The molecule has 2 heterocycles. The van der Waals surface area contributed by atoms with Gasteiger partial charge in [-0.1, -0.05) is 0 Å². The molecule has 0 saturated carbocycles. The zero-order valence-corrected chi connectivity index (χ0v) is 16.7. The highest BCUT2D eigenvalue weighted by molar-refractivity contribution is 7.89. The number of hydrogen-bond donors (Lipinski definition) is 0. The molecule has 0 unspecified atom stereocenters. The quantitative estimate of drug-likeness (QED) is 0.679. The van der Waals surface area contributed by atoms with Gasteiger partial charge in [-0.15, -0.1) is 11.6 Å². The van der Waals surface area contributed by atoms with E-state index in [2.05, 4.69) is 0 Å². The first kappa shape index (κ1) is 21.4. The summed E-state index contributed by atoms with van der Waals surface area (Å²) in [4.78, 5) is 13.8. The molecule has 28 heavy (non-hydrogen) atoms. The molecule has 1 aromatic carbocycles. The molecule has 0 radical (unpaired) electrons. The molecule has 0 aromatic heterocycles. The number of likely N-dealkylation sites (tertiary alicyclic amines) is 1. The summed E-state index contributed by atoms with van der Waals surface area (Å²) in [6, 6.07) is 5.36. The van der Waals surface area contributed by atoms with Crippen LogP contribution in [0.2, 0.25) is 0 Å². The summed E-state index contributed by atoms with van der Waals surface area (Å²) < 4.78 is 65.6. The maximum Gasteiger partial charge on any atom is 0.393 e. The van der Waals surface area contributed by atoms with E-state index in [1.165, 1.54) is 33.5 Å². The van der Waals surface area contributed by atoms with Crippen LogP contribution in [0.5, 0.6) is 0 Å². The average molecular weight is 439 g/mol. The maximum atomic E-state index is 13.0. The van der Waals surface area contributed by atoms with Gasteiger partial charge in [-0.3, -0.25) is 4.79 Å². The Labute approximate surface area is 167 Å². The highest BCUT2D eigenvalue weighted by atomic mass is 35.5. The Morgan fingerprint density at radius 2 is 1.68 bits per heavy atom. The largest absolute Gasteiger partial charge is 0.393 e. The Morgan fingerprint density at radius 1 is 1.04 bits per heavy atom. The summed E-state index contributed by atoms with van der Waals surface area (Å²) in [7, 11) is -3.72. The van der Waals surface area contributed by atoms with Gasteiger partial charge in [0, 0.05) is 37.1 Å². The van der Waals surface area contributed by atoms with Crippen molar-refractivity contribution < 1.29 is 26.4 Å². The second-order valence-corrected chi connectivity index (χ2v) is 9.81. The van der Waals surface area contributed by atoms with Crippen LogP contribution < -0.4 is 0 Å². The van der Waals surface area contributed by atoms with Crippen LogP contribution >= 0.6 is 11.6 Å². The van der Waals surface area contributed by atoms with Gasteiger partial charge >= 0.3 is 6.18 Å². The molecule has 0 aliphatic carbocycles. The molecule has 0 N–H and O–H groups in total. The third kappa shape index (κ3) is 4.63. The minimum atomic E-state index is -4.33. The predicted molar refractivity (Wildman–Crippen MR) is 98.8 cm³/mol. The number of sulfonamides is 1. The van der Waals surface area contributed by atoms with E-state index in [1.54, 1.807) is 0 Å². The second-order valence-electron chi connectivity index (χ2n) is 7.26. The molecule has 10 heteroatoms. The zero-order valence-electron chi connectivity index (χ0n) is 15.2. The highest BCUT2D eigenvalue weighted by Gasteiger charge is 2.42. The molecule has 2 saturated heterocycles. The predicted octanol–water partition coefficient (Wildman–Crippen LogP) is 3.49. The maximum absolute atomic E-state index is 13.0. The molecule has 2 aliphatic heterocycles. The molecule has 2 fully saturated rings. The molecular formula is C18H22ClF3N2O3S. The molecule has 1 amide bonds. The van der Waals surface area contributed by atoms with Gasteiger partial charge in [0.25, 0.3) is 5.91 Å². The summed E-state index contributed by atoms with van der Waals surface area (Å²) >= 11 is 6.07. The Kier molecular flexibility index (Phi) is 6.26. The van der Waals surface area contributed by atoms with Crippen LogP contribution in [0.3, 0.4) is 0 Å². The van der Waals surface area contributed by atoms with Gasteiger partial charge in [-0.25, -0.2) is 8.42 Å². The first-order chi connectivity index (χ1) is 13.1. The van der Waals surface area contributed by atoms with Crippen LogP contribution in [0.1, 0.15) is 36.0 Å². The number of nitrogens with zero attached hydrogens (tertiary/aromatic N) is 2. The topological polar surface area (TPSA) is 57.7 Å². The van der Waals surface area contributed by atoms with E-state index in [0.29, 0.717) is 13.0 Å². The number of halogens is 4. The number of amides is 1. The van der Waals surface area contributed by atoms with Crippen LogP contribution in [0.4, 0.5) is 13.2 Å². The van der Waals surface area contributed by atoms with Crippen LogP contribution in [-0.2, 0) is 10.0 Å². The molecule has 156 valence electrons. The Balaban J connectivity index is 1.72. The van der Waals surface area contributed by atoms with Crippen molar-refractivity contribution >= 4 is 27.5 Å². The Hall–Kier alpha value is -1.32. The van der Waals surface area contributed by atoms with E-state index in [0.717, 1.165) is 6.42 Å². The van der Waals surface area contributed by atoms with Crippen molar-refractivity contribution in [3.63, 3.8) is 0 Å². The van der Waals surface area contributed by atoms with E-state index in [4.69, 9.17) is 11.6 Å². The summed E-state index contributed by atoms with van der Waals surface area (Å²) in [5, 5.41) is -0.231. The van der Waals surface area contributed by atoms with E-state index < -0.39 is 28.0 Å². The lowest BCUT2D eigenvalue weighted by Gasteiger charge is -2.33. The van der Waals surface area contributed by atoms with Crippen molar-refractivity contribution in [1.82, 2.24) is 9.21 Å². The average Bonchev–Trinajstić information content (AvgIpc) is 2.67. The fraction of sp³-hybridized carbons (Fsp3) is 0.611. The SMILES string of the molecule is O=C(c1ccc(S(=O)(=O)N2CCC[C@@H](Cl)C2)cc1)N1CCC[C@@H](C(F)(F)F)C1.